The summed E-state index contributed by atoms with van der Waals surface area (Å²) in [6.07, 6.45) is 8.64. The Morgan fingerprint density at radius 2 is 1.98 bits per heavy atom. The van der Waals surface area contributed by atoms with Gasteiger partial charge in [-0.3, -0.25) is 9.59 Å². The van der Waals surface area contributed by atoms with Crippen LogP contribution in [0, 0.1) is 11.8 Å². The highest BCUT2D eigenvalue weighted by Gasteiger charge is 2.39. The number of fused-ring (bicyclic) bond motifs is 3. The molecule has 2 aromatic carbocycles. The summed E-state index contributed by atoms with van der Waals surface area (Å²) in [4.78, 5) is 27.6. The third-order valence-corrected chi connectivity index (χ3v) is 11.6. The van der Waals surface area contributed by atoms with Gasteiger partial charge in [-0.05, 0) is 112 Å². The molecule has 0 radical (unpaired) electrons. The van der Waals surface area contributed by atoms with Gasteiger partial charge < -0.3 is 20.1 Å². The summed E-state index contributed by atoms with van der Waals surface area (Å²) in [5.74, 6) is -0.128. The zero-order chi connectivity index (χ0) is 32.1. The number of hydrogen-bond donors (Lipinski definition) is 2. The van der Waals surface area contributed by atoms with Gasteiger partial charge in [0.2, 0.25) is 15.9 Å². The molecule has 3 N–H and O–H groups in total. The monoisotopic (exact) mass is 657 g/mol. The first-order valence-corrected chi connectivity index (χ1v) is 17.9. The molecule has 2 bridgehead atoms. The Balaban J connectivity index is 1.54. The summed E-state index contributed by atoms with van der Waals surface area (Å²) in [5.41, 5.74) is 8.79. The van der Waals surface area contributed by atoms with Crippen molar-refractivity contribution in [1.82, 2.24) is 4.72 Å². The molecule has 3 aliphatic rings. The number of amides is 2. The van der Waals surface area contributed by atoms with Crippen molar-refractivity contribution in [3.05, 3.63) is 70.3 Å². The van der Waals surface area contributed by atoms with Crippen LogP contribution in [0.4, 0.5) is 5.69 Å². The Kier molecular flexibility index (Phi) is 10.8. The van der Waals surface area contributed by atoms with Gasteiger partial charge in [0.15, 0.2) is 0 Å². The number of rotatable bonds is 4. The topological polar surface area (TPSA) is 128 Å². The Hall–Kier alpha value is -3.08. The van der Waals surface area contributed by atoms with Crippen molar-refractivity contribution >= 4 is 39.1 Å². The summed E-state index contributed by atoms with van der Waals surface area (Å²) in [5, 5.41) is -0.0499. The molecule has 0 unspecified atom stereocenters. The molecule has 1 aliphatic carbocycles. The second-order valence-corrected chi connectivity index (χ2v) is 14.8. The highest BCUT2D eigenvalue weighted by atomic mass is 35.5. The van der Waals surface area contributed by atoms with Crippen LogP contribution in [0.5, 0.6) is 5.75 Å². The van der Waals surface area contributed by atoms with E-state index in [0.717, 1.165) is 55.5 Å². The molecule has 0 aromatic heterocycles. The van der Waals surface area contributed by atoms with E-state index in [1.807, 2.05) is 30.4 Å². The fourth-order valence-corrected chi connectivity index (χ4v) is 8.19. The van der Waals surface area contributed by atoms with E-state index >= 15 is 0 Å². The zero-order valence-electron chi connectivity index (χ0n) is 26.0. The van der Waals surface area contributed by atoms with E-state index in [9.17, 15) is 18.0 Å². The van der Waals surface area contributed by atoms with Gasteiger partial charge in [-0.2, -0.15) is 0 Å². The van der Waals surface area contributed by atoms with Gasteiger partial charge >= 0.3 is 0 Å². The van der Waals surface area contributed by atoms with Crippen LogP contribution in [-0.4, -0.2) is 50.8 Å². The Bertz CT molecular complexity index is 1530. The number of ether oxygens (including phenoxy) is 2. The molecule has 2 aromatic rings. The average molecular weight is 658 g/mol. The number of anilines is 1. The van der Waals surface area contributed by atoms with Gasteiger partial charge in [0.25, 0.3) is 5.91 Å². The van der Waals surface area contributed by atoms with E-state index in [0.29, 0.717) is 43.2 Å². The molecule has 2 heterocycles. The van der Waals surface area contributed by atoms with E-state index in [4.69, 9.17) is 26.8 Å². The number of halogens is 1. The predicted octanol–water partition coefficient (Wildman–Crippen LogP) is 5.54. The summed E-state index contributed by atoms with van der Waals surface area (Å²) in [7, 11) is -3.93. The van der Waals surface area contributed by atoms with E-state index in [-0.39, 0.29) is 23.5 Å². The molecule has 0 spiro atoms. The number of aryl methyl sites for hydroxylation is 1. The number of carbonyl (C=O) groups excluding carboxylic acids is 2. The van der Waals surface area contributed by atoms with Crippen molar-refractivity contribution in [3.8, 4) is 5.75 Å². The first kappa shape index (κ1) is 33.3. The van der Waals surface area contributed by atoms with Crippen LogP contribution in [0.15, 0.2) is 48.6 Å². The molecule has 0 saturated heterocycles. The first-order chi connectivity index (χ1) is 21.6. The van der Waals surface area contributed by atoms with Gasteiger partial charge in [0.05, 0.1) is 17.0 Å². The lowest BCUT2D eigenvalue weighted by molar-refractivity contribution is -0.134. The number of nitrogens with zero attached hydrogens (tertiary/aromatic N) is 1. The summed E-state index contributed by atoms with van der Waals surface area (Å²) in [6.45, 7) is 5.22. The van der Waals surface area contributed by atoms with Crippen LogP contribution in [0.1, 0.15) is 80.3 Å². The molecule has 2 aliphatic heterocycles. The van der Waals surface area contributed by atoms with Crippen molar-refractivity contribution < 1.29 is 27.5 Å². The predicted molar refractivity (Wildman–Crippen MR) is 176 cm³/mol. The van der Waals surface area contributed by atoms with Gasteiger partial charge in [-0.25, -0.2) is 13.1 Å². The lowest BCUT2D eigenvalue weighted by atomic mass is 9.70. The minimum Gasteiger partial charge on any atom is -0.487 e. The second kappa shape index (κ2) is 14.6. The Labute approximate surface area is 271 Å². The molecule has 9 nitrogen and oxygen atoms in total. The van der Waals surface area contributed by atoms with Gasteiger partial charge in [0, 0.05) is 23.7 Å². The van der Waals surface area contributed by atoms with E-state index < -0.39 is 33.2 Å². The molecule has 244 valence electrons. The SMILES string of the molecule is CC[C@@H]1CC/C=C/[C@H](O[C@H](C)C(N)=O)[C@@H]2CC[C@H]2CN2CCCCc3cc(Cl)ccc3COc3ccc(cc32)C(=O)NS1(=O)=O. The minimum atomic E-state index is -3.93. The van der Waals surface area contributed by atoms with Crippen molar-refractivity contribution in [2.45, 2.75) is 89.3 Å². The van der Waals surface area contributed by atoms with Crippen molar-refractivity contribution in [2.75, 3.05) is 18.0 Å². The highest BCUT2D eigenvalue weighted by molar-refractivity contribution is 7.90. The van der Waals surface area contributed by atoms with Crippen LogP contribution in [0.25, 0.3) is 0 Å². The zero-order valence-corrected chi connectivity index (χ0v) is 27.6. The van der Waals surface area contributed by atoms with Crippen LogP contribution in [0.2, 0.25) is 5.02 Å². The van der Waals surface area contributed by atoms with Gasteiger partial charge in [-0.15, -0.1) is 0 Å². The molecule has 5 atom stereocenters. The standard InChI is InChI=1S/C34H44ClN3O6S/c1-3-28-9-4-5-10-31(44-22(2)33(36)39)29-15-12-25(29)20-38-17-7-6-8-23-18-27(35)14-11-26(23)21-43-32-16-13-24(19-30(32)38)34(40)37-45(28,41)42/h5,10-11,13-14,16,18-19,22,25,28-29,31H,3-4,6-9,12,15,17,20-21H2,1-2H3,(H2,36,39)(H,37,40)/b10-5+/t22-,25+,28-,29-,31+/m1/s1. The summed E-state index contributed by atoms with van der Waals surface area (Å²) in [6, 6.07) is 11.0. The molecule has 45 heavy (non-hydrogen) atoms. The molecular weight excluding hydrogens is 614 g/mol. The summed E-state index contributed by atoms with van der Waals surface area (Å²) >= 11 is 6.33. The largest absolute Gasteiger partial charge is 0.487 e. The lowest BCUT2D eigenvalue weighted by Gasteiger charge is -2.44. The number of allylic oxidation sites excluding steroid dienone is 1. The molecule has 2 amide bonds. The number of hydrogen-bond acceptors (Lipinski definition) is 7. The van der Waals surface area contributed by atoms with E-state index in [1.54, 1.807) is 32.0 Å². The number of nitrogens with one attached hydrogen (secondary N) is 1. The second-order valence-electron chi connectivity index (χ2n) is 12.4. The number of benzene rings is 2. The van der Waals surface area contributed by atoms with Gasteiger partial charge in [-0.1, -0.05) is 36.7 Å². The maximum atomic E-state index is 13.4. The van der Waals surface area contributed by atoms with Crippen LogP contribution < -0.4 is 20.1 Å². The van der Waals surface area contributed by atoms with Crippen molar-refractivity contribution in [1.29, 1.82) is 0 Å². The molecular formula is C34H44ClN3O6S. The molecule has 11 heteroatoms. The highest BCUT2D eigenvalue weighted by Crippen LogP contribution is 2.42. The minimum absolute atomic E-state index is 0.155. The van der Waals surface area contributed by atoms with Crippen LogP contribution in [-0.2, 0) is 32.6 Å². The average Bonchev–Trinajstić information content (AvgIpc) is 3.01. The maximum absolute atomic E-state index is 13.4. The Morgan fingerprint density at radius 3 is 2.71 bits per heavy atom. The van der Waals surface area contributed by atoms with Gasteiger partial charge in [0.1, 0.15) is 18.5 Å². The Morgan fingerprint density at radius 1 is 1.16 bits per heavy atom. The van der Waals surface area contributed by atoms with E-state index in [2.05, 4.69) is 9.62 Å². The van der Waals surface area contributed by atoms with Crippen LogP contribution in [0.3, 0.4) is 0 Å². The number of primary amides is 1. The first-order valence-electron chi connectivity index (χ1n) is 16.0. The summed E-state index contributed by atoms with van der Waals surface area (Å²) < 4.78 is 41.6. The molecule has 1 saturated carbocycles. The normalized spacial score (nSPS) is 26.8. The van der Waals surface area contributed by atoms with Crippen LogP contribution >= 0.6 is 11.6 Å². The third-order valence-electron chi connectivity index (χ3n) is 9.46. The smallest absolute Gasteiger partial charge is 0.264 e. The number of carbonyl (C=O) groups is 2. The number of sulfonamides is 1. The number of nitrogens with two attached hydrogens (primary N) is 1. The lowest BCUT2D eigenvalue weighted by Crippen LogP contribution is -2.46. The fourth-order valence-electron chi connectivity index (χ4n) is 6.57. The molecule has 5 rings (SSSR count). The quantitative estimate of drug-likeness (QED) is 0.414. The maximum Gasteiger partial charge on any atom is 0.264 e. The van der Waals surface area contributed by atoms with Crippen molar-refractivity contribution in [3.63, 3.8) is 0 Å². The van der Waals surface area contributed by atoms with E-state index in [1.165, 1.54) is 0 Å². The van der Waals surface area contributed by atoms with Crippen molar-refractivity contribution in [2.24, 2.45) is 17.6 Å². The fraction of sp³-hybridized carbons (Fsp3) is 0.529. The third kappa shape index (κ3) is 8.02. The molecule has 1 fully saturated rings.